The fourth-order valence-electron chi connectivity index (χ4n) is 2.15. The summed E-state index contributed by atoms with van der Waals surface area (Å²) in [6.45, 7) is 5.43. The summed E-state index contributed by atoms with van der Waals surface area (Å²) in [6, 6.07) is 8.76. The number of nitrogens with zero attached hydrogens (tertiary/aromatic N) is 2. The molecular formula is C19H24F3N7O3. The van der Waals surface area contributed by atoms with E-state index in [-0.39, 0.29) is 0 Å². The van der Waals surface area contributed by atoms with Crippen LogP contribution in [0.25, 0.3) is 11.0 Å². The van der Waals surface area contributed by atoms with Gasteiger partial charge < -0.3 is 32.2 Å². The standard InChI is InChI=1S/C15H16N6O.C2HF3O2.C2H7N/c1-2-17-13-11-7-8-18-14(11)21-15(20-13)19-10-5-3-9(4-6-10)12(16)22;3-2(4,5)1(6)7;1-2-3/h3-8H,2H2,1H3,(H2,16,22)(H3,17,18,19,20,21);(H,6,7);2-3H2,1H3. The van der Waals surface area contributed by atoms with Gasteiger partial charge in [-0.15, -0.1) is 0 Å². The number of alkyl halides is 3. The SMILES string of the molecule is CCN.CCNc1nc(Nc2ccc(C(N)=O)cc2)nc2[nH]ccc12.O=C(O)C(F)(F)F. The van der Waals surface area contributed by atoms with Crippen LogP contribution in [0.4, 0.5) is 30.6 Å². The summed E-state index contributed by atoms with van der Waals surface area (Å²) in [5, 5.41) is 14.4. The first-order chi connectivity index (χ1) is 15.0. The largest absolute Gasteiger partial charge is 0.490 e. The van der Waals surface area contributed by atoms with Gasteiger partial charge in [0.05, 0.1) is 5.39 Å². The predicted molar refractivity (Wildman–Crippen MR) is 115 cm³/mol. The van der Waals surface area contributed by atoms with Gasteiger partial charge in [0, 0.05) is 24.0 Å². The highest BCUT2D eigenvalue weighted by atomic mass is 19.4. The summed E-state index contributed by atoms with van der Waals surface area (Å²) < 4.78 is 31.7. The third kappa shape index (κ3) is 8.10. The first-order valence-corrected chi connectivity index (χ1v) is 9.29. The van der Waals surface area contributed by atoms with Gasteiger partial charge in [-0.25, -0.2) is 4.79 Å². The smallest absolute Gasteiger partial charge is 0.475 e. The van der Waals surface area contributed by atoms with Crippen LogP contribution < -0.4 is 22.1 Å². The summed E-state index contributed by atoms with van der Waals surface area (Å²) in [7, 11) is 0. The Balaban J connectivity index is 0.000000433. The molecule has 3 rings (SSSR count). The van der Waals surface area contributed by atoms with Gasteiger partial charge in [-0.05, 0) is 43.8 Å². The lowest BCUT2D eigenvalue weighted by atomic mass is 10.2. The molecule has 0 atom stereocenters. The van der Waals surface area contributed by atoms with Crippen molar-refractivity contribution < 1.29 is 27.9 Å². The molecule has 2 aromatic heterocycles. The molecule has 0 aliphatic rings. The maximum atomic E-state index is 11.1. The summed E-state index contributed by atoms with van der Waals surface area (Å²) in [4.78, 5) is 31.9. The van der Waals surface area contributed by atoms with Crippen molar-refractivity contribution in [3.05, 3.63) is 42.1 Å². The normalized spacial score (nSPS) is 10.3. The molecule has 0 saturated heterocycles. The van der Waals surface area contributed by atoms with Crippen molar-refractivity contribution in [2.75, 3.05) is 23.7 Å². The van der Waals surface area contributed by atoms with Crippen molar-refractivity contribution in [3.63, 3.8) is 0 Å². The van der Waals surface area contributed by atoms with Gasteiger partial charge in [0.25, 0.3) is 0 Å². The Morgan fingerprint density at radius 1 is 1.12 bits per heavy atom. The average molecular weight is 455 g/mol. The van der Waals surface area contributed by atoms with Crippen molar-refractivity contribution in [1.82, 2.24) is 15.0 Å². The van der Waals surface area contributed by atoms with E-state index in [0.29, 0.717) is 11.5 Å². The second kappa shape index (κ2) is 12.1. The molecule has 0 fully saturated rings. The number of aromatic amines is 1. The fourth-order valence-corrected chi connectivity index (χ4v) is 2.15. The predicted octanol–water partition coefficient (Wildman–Crippen LogP) is 2.83. The lowest BCUT2D eigenvalue weighted by Crippen LogP contribution is -2.21. The molecule has 8 N–H and O–H groups in total. The van der Waals surface area contributed by atoms with E-state index in [1.807, 2.05) is 26.1 Å². The number of halogens is 3. The molecule has 0 aliphatic carbocycles. The molecule has 1 aromatic carbocycles. The molecule has 0 aliphatic heterocycles. The summed E-state index contributed by atoms with van der Waals surface area (Å²) in [5.41, 5.74) is 12.1. The Labute approximate surface area is 181 Å². The maximum absolute atomic E-state index is 11.1. The number of carboxylic acid groups (broad SMARTS) is 1. The molecule has 1 amide bonds. The number of hydrogen-bond acceptors (Lipinski definition) is 7. The van der Waals surface area contributed by atoms with Crippen LogP contribution >= 0.6 is 0 Å². The number of carbonyl (C=O) groups is 2. The van der Waals surface area contributed by atoms with Gasteiger partial charge in [-0.3, -0.25) is 4.79 Å². The second-order valence-electron chi connectivity index (χ2n) is 5.94. The number of hydrogen-bond donors (Lipinski definition) is 6. The Bertz CT molecular complexity index is 1020. The number of nitrogens with two attached hydrogens (primary N) is 2. The number of amides is 1. The van der Waals surface area contributed by atoms with Crippen LogP contribution in [0.15, 0.2) is 36.5 Å². The van der Waals surface area contributed by atoms with E-state index in [9.17, 15) is 18.0 Å². The zero-order valence-electron chi connectivity index (χ0n) is 17.3. The van der Waals surface area contributed by atoms with E-state index in [1.54, 1.807) is 24.3 Å². The number of aliphatic carboxylic acids is 1. The van der Waals surface area contributed by atoms with Crippen molar-refractivity contribution in [3.8, 4) is 0 Å². The number of H-pyrrole nitrogens is 1. The molecule has 0 bridgehead atoms. The zero-order valence-corrected chi connectivity index (χ0v) is 17.3. The van der Waals surface area contributed by atoms with E-state index in [0.717, 1.165) is 35.6 Å². The van der Waals surface area contributed by atoms with Gasteiger partial charge >= 0.3 is 12.1 Å². The molecule has 3 aromatic rings. The summed E-state index contributed by atoms with van der Waals surface area (Å²) >= 11 is 0. The lowest BCUT2D eigenvalue weighted by Gasteiger charge is -2.09. The lowest BCUT2D eigenvalue weighted by molar-refractivity contribution is -0.192. The molecule has 0 radical (unpaired) electrons. The van der Waals surface area contributed by atoms with Crippen LogP contribution in [0.5, 0.6) is 0 Å². The Morgan fingerprint density at radius 2 is 1.69 bits per heavy atom. The maximum Gasteiger partial charge on any atom is 0.490 e. The van der Waals surface area contributed by atoms with Gasteiger partial charge in [0.2, 0.25) is 11.9 Å². The van der Waals surface area contributed by atoms with Crippen molar-refractivity contribution >= 4 is 40.4 Å². The molecule has 32 heavy (non-hydrogen) atoms. The molecule has 174 valence electrons. The third-order valence-electron chi connectivity index (χ3n) is 3.43. The number of aromatic nitrogens is 3. The molecule has 0 unspecified atom stereocenters. The molecule has 13 heteroatoms. The monoisotopic (exact) mass is 455 g/mol. The highest BCUT2D eigenvalue weighted by Crippen LogP contribution is 2.23. The van der Waals surface area contributed by atoms with Crippen LogP contribution in [-0.4, -0.2) is 51.2 Å². The Kier molecular flexibility index (Phi) is 9.89. The third-order valence-corrected chi connectivity index (χ3v) is 3.43. The molecule has 10 nitrogen and oxygen atoms in total. The minimum absolute atomic E-state index is 0.454. The molecular weight excluding hydrogens is 431 g/mol. The van der Waals surface area contributed by atoms with E-state index >= 15 is 0 Å². The number of carbonyl (C=O) groups excluding carboxylic acids is 1. The number of benzene rings is 1. The number of nitrogens with one attached hydrogen (secondary N) is 3. The van der Waals surface area contributed by atoms with E-state index in [1.165, 1.54) is 0 Å². The van der Waals surface area contributed by atoms with Gasteiger partial charge in [-0.2, -0.15) is 23.1 Å². The Hall–Kier alpha value is -3.87. The zero-order chi connectivity index (χ0) is 24.3. The van der Waals surface area contributed by atoms with Crippen LogP contribution in [-0.2, 0) is 4.79 Å². The first-order valence-electron chi connectivity index (χ1n) is 9.29. The minimum Gasteiger partial charge on any atom is -0.475 e. The average Bonchev–Trinajstić information content (AvgIpc) is 3.18. The van der Waals surface area contributed by atoms with E-state index < -0.39 is 18.1 Å². The minimum atomic E-state index is -5.08. The summed E-state index contributed by atoms with van der Waals surface area (Å²) in [5.74, 6) is -1.97. The van der Waals surface area contributed by atoms with Crippen LogP contribution in [0, 0.1) is 0 Å². The van der Waals surface area contributed by atoms with Crippen LogP contribution in [0.3, 0.4) is 0 Å². The highest BCUT2D eigenvalue weighted by Gasteiger charge is 2.38. The van der Waals surface area contributed by atoms with Crippen molar-refractivity contribution in [1.29, 1.82) is 0 Å². The van der Waals surface area contributed by atoms with Gasteiger partial charge in [0.15, 0.2) is 0 Å². The number of primary amides is 1. The Morgan fingerprint density at radius 3 is 2.16 bits per heavy atom. The first kappa shape index (κ1) is 26.2. The van der Waals surface area contributed by atoms with Crippen LogP contribution in [0.1, 0.15) is 24.2 Å². The molecule has 0 saturated carbocycles. The molecule has 0 spiro atoms. The van der Waals surface area contributed by atoms with E-state index in [4.69, 9.17) is 21.4 Å². The van der Waals surface area contributed by atoms with Crippen LogP contribution in [0.2, 0.25) is 0 Å². The fraction of sp³-hybridized carbons (Fsp3) is 0.263. The highest BCUT2D eigenvalue weighted by molar-refractivity contribution is 5.93. The van der Waals surface area contributed by atoms with Crippen molar-refractivity contribution in [2.24, 2.45) is 11.5 Å². The molecule has 2 heterocycles. The van der Waals surface area contributed by atoms with Gasteiger partial charge in [0.1, 0.15) is 11.5 Å². The number of carboxylic acids is 1. The topological polar surface area (TPSA) is 172 Å². The second-order valence-corrected chi connectivity index (χ2v) is 5.94. The van der Waals surface area contributed by atoms with Gasteiger partial charge in [-0.1, -0.05) is 6.92 Å². The number of anilines is 3. The van der Waals surface area contributed by atoms with Crippen molar-refractivity contribution in [2.45, 2.75) is 20.0 Å². The number of rotatable bonds is 5. The summed E-state index contributed by atoms with van der Waals surface area (Å²) in [6.07, 6.45) is -3.26. The quantitative estimate of drug-likeness (QED) is 0.341. The number of fused-ring (bicyclic) bond motifs is 1. The van der Waals surface area contributed by atoms with E-state index in [2.05, 4.69) is 25.6 Å².